The second-order valence-corrected chi connectivity index (χ2v) is 3.64. The number of ether oxygens (including phenoxy) is 1. The molecule has 4 heteroatoms. The summed E-state index contributed by atoms with van der Waals surface area (Å²) in [6, 6.07) is 6.72. The van der Waals surface area contributed by atoms with Gasteiger partial charge >= 0.3 is 5.63 Å². The average molecular weight is 232 g/mol. The van der Waals surface area contributed by atoms with Crippen LogP contribution in [0.2, 0.25) is 0 Å². The third kappa shape index (κ3) is 2.20. The molecule has 0 saturated carbocycles. The molecule has 2 aromatic rings. The van der Waals surface area contributed by atoms with Crippen molar-refractivity contribution in [3.8, 4) is 5.75 Å². The van der Waals surface area contributed by atoms with E-state index in [9.17, 15) is 9.59 Å². The summed E-state index contributed by atoms with van der Waals surface area (Å²) in [4.78, 5) is 22.7. The van der Waals surface area contributed by atoms with E-state index < -0.39 is 5.63 Å². The molecule has 0 aliphatic carbocycles. The predicted octanol–water partition coefficient (Wildman–Crippen LogP) is 2.39. The summed E-state index contributed by atoms with van der Waals surface area (Å²) in [7, 11) is 0. The number of rotatable bonds is 3. The highest BCUT2D eigenvalue weighted by Gasteiger charge is 2.09. The predicted molar refractivity (Wildman–Crippen MR) is 63.7 cm³/mol. The van der Waals surface area contributed by atoms with Gasteiger partial charge in [-0.15, -0.1) is 0 Å². The molecule has 0 N–H and O–H groups in total. The zero-order chi connectivity index (χ0) is 12.4. The van der Waals surface area contributed by atoms with E-state index in [1.807, 2.05) is 6.92 Å². The van der Waals surface area contributed by atoms with Gasteiger partial charge in [0.25, 0.3) is 0 Å². The van der Waals surface area contributed by atoms with Crippen molar-refractivity contribution in [2.75, 3.05) is 6.61 Å². The van der Waals surface area contributed by atoms with Crippen LogP contribution >= 0.6 is 0 Å². The lowest BCUT2D eigenvalue weighted by molar-refractivity contribution is 0.101. The summed E-state index contributed by atoms with van der Waals surface area (Å²) in [6.07, 6.45) is 0. The van der Waals surface area contributed by atoms with E-state index >= 15 is 0 Å². The van der Waals surface area contributed by atoms with Crippen LogP contribution < -0.4 is 10.4 Å². The first-order valence-corrected chi connectivity index (χ1v) is 5.33. The highest BCUT2D eigenvalue weighted by molar-refractivity contribution is 5.96. The van der Waals surface area contributed by atoms with E-state index in [-0.39, 0.29) is 11.3 Å². The fraction of sp³-hybridized carbons (Fsp3) is 0.231. The maximum absolute atomic E-state index is 11.5. The highest BCUT2D eigenvalue weighted by Crippen LogP contribution is 2.20. The van der Waals surface area contributed by atoms with Gasteiger partial charge in [-0.2, -0.15) is 0 Å². The molecule has 0 atom stereocenters. The molecule has 0 radical (unpaired) electrons. The lowest BCUT2D eigenvalue weighted by Crippen LogP contribution is -2.10. The van der Waals surface area contributed by atoms with Crippen molar-refractivity contribution in [1.82, 2.24) is 0 Å². The Balaban J connectivity index is 2.62. The monoisotopic (exact) mass is 232 g/mol. The molecule has 1 heterocycles. The molecule has 2 rings (SSSR count). The summed E-state index contributed by atoms with van der Waals surface area (Å²) >= 11 is 0. The minimum Gasteiger partial charge on any atom is -0.494 e. The first-order valence-electron chi connectivity index (χ1n) is 5.33. The molecule has 0 amide bonds. The van der Waals surface area contributed by atoms with Gasteiger partial charge in [0.05, 0.1) is 6.61 Å². The maximum Gasteiger partial charge on any atom is 0.347 e. The molecular formula is C13H12O4. The Hall–Kier alpha value is -2.10. The van der Waals surface area contributed by atoms with Crippen molar-refractivity contribution >= 4 is 16.8 Å². The summed E-state index contributed by atoms with van der Waals surface area (Å²) in [5, 5.41) is 0.707. The third-order valence-electron chi connectivity index (χ3n) is 2.40. The first kappa shape index (κ1) is 11.4. The smallest absolute Gasteiger partial charge is 0.347 e. The lowest BCUT2D eigenvalue weighted by atomic mass is 10.1. The van der Waals surface area contributed by atoms with Crippen LogP contribution in [-0.2, 0) is 0 Å². The van der Waals surface area contributed by atoms with E-state index in [1.54, 1.807) is 24.3 Å². The highest BCUT2D eigenvalue weighted by atomic mass is 16.5. The maximum atomic E-state index is 11.5. The molecule has 0 aliphatic heterocycles. The fourth-order valence-electron chi connectivity index (χ4n) is 1.59. The Labute approximate surface area is 97.8 Å². The minimum absolute atomic E-state index is 0.0710. The van der Waals surface area contributed by atoms with Gasteiger partial charge in [-0.05, 0) is 32.0 Å². The zero-order valence-corrected chi connectivity index (χ0v) is 9.65. The minimum atomic E-state index is -0.612. The molecular weight excluding hydrogens is 220 g/mol. The normalized spacial score (nSPS) is 10.5. The van der Waals surface area contributed by atoms with Crippen LogP contribution in [0.3, 0.4) is 0 Å². The van der Waals surface area contributed by atoms with Crippen molar-refractivity contribution < 1.29 is 13.9 Å². The lowest BCUT2D eigenvalue weighted by Gasteiger charge is -2.04. The molecule has 0 spiro atoms. The van der Waals surface area contributed by atoms with E-state index in [1.165, 1.54) is 6.92 Å². The van der Waals surface area contributed by atoms with Crippen LogP contribution in [0.1, 0.15) is 24.2 Å². The topological polar surface area (TPSA) is 56.5 Å². The van der Waals surface area contributed by atoms with Gasteiger partial charge < -0.3 is 9.15 Å². The molecule has 0 unspecified atom stereocenters. The summed E-state index contributed by atoms with van der Waals surface area (Å²) in [6.45, 7) is 3.76. The third-order valence-corrected chi connectivity index (χ3v) is 2.40. The summed E-state index contributed by atoms with van der Waals surface area (Å²) < 4.78 is 10.4. The van der Waals surface area contributed by atoms with Crippen LogP contribution in [0.25, 0.3) is 11.0 Å². The molecule has 0 fully saturated rings. The fourth-order valence-corrected chi connectivity index (χ4v) is 1.59. The molecule has 0 bridgehead atoms. The van der Waals surface area contributed by atoms with Crippen LogP contribution in [0, 0.1) is 0 Å². The van der Waals surface area contributed by atoms with Gasteiger partial charge in [0.2, 0.25) is 0 Å². The van der Waals surface area contributed by atoms with Crippen LogP contribution in [0.4, 0.5) is 0 Å². The van der Waals surface area contributed by atoms with Gasteiger partial charge in [0.1, 0.15) is 16.9 Å². The van der Waals surface area contributed by atoms with E-state index in [4.69, 9.17) is 9.15 Å². The Bertz CT molecular complexity index is 625. The van der Waals surface area contributed by atoms with E-state index in [0.717, 1.165) is 0 Å². The van der Waals surface area contributed by atoms with Gasteiger partial charge in [-0.1, -0.05) is 0 Å². The van der Waals surface area contributed by atoms with E-state index in [0.29, 0.717) is 23.3 Å². The average Bonchev–Trinajstić information content (AvgIpc) is 2.28. The molecule has 1 aromatic heterocycles. The molecule has 88 valence electrons. The summed E-state index contributed by atoms with van der Waals surface area (Å²) in [5.74, 6) is 0.341. The summed E-state index contributed by atoms with van der Waals surface area (Å²) in [5.41, 5.74) is -0.119. The Kier molecular flexibility index (Phi) is 2.95. The van der Waals surface area contributed by atoms with Crippen molar-refractivity contribution in [2.45, 2.75) is 13.8 Å². The van der Waals surface area contributed by atoms with Crippen LogP contribution in [0.5, 0.6) is 5.75 Å². The second-order valence-electron chi connectivity index (χ2n) is 3.64. The number of benzene rings is 1. The molecule has 1 aromatic carbocycles. The number of ketones is 1. The van der Waals surface area contributed by atoms with Crippen molar-refractivity contribution in [3.05, 3.63) is 40.2 Å². The molecule has 17 heavy (non-hydrogen) atoms. The van der Waals surface area contributed by atoms with Crippen molar-refractivity contribution in [2.24, 2.45) is 0 Å². The van der Waals surface area contributed by atoms with Crippen molar-refractivity contribution in [3.63, 3.8) is 0 Å². The van der Waals surface area contributed by atoms with E-state index in [2.05, 4.69) is 0 Å². The molecule has 0 aliphatic rings. The molecule has 0 saturated heterocycles. The van der Waals surface area contributed by atoms with Gasteiger partial charge in [-0.3, -0.25) is 4.79 Å². The molecule has 4 nitrogen and oxygen atoms in total. The Morgan fingerprint density at radius 1 is 1.35 bits per heavy atom. The van der Waals surface area contributed by atoms with Crippen molar-refractivity contribution in [1.29, 1.82) is 0 Å². The second kappa shape index (κ2) is 4.41. The first-order chi connectivity index (χ1) is 8.11. The standard InChI is InChI=1S/C13H12O4/c1-3-16-10-5-4-9-6-11(8(2)14)13(15)17-12(9)7-10/h4-7H,3H2,1-2H3. The zero-order valence-electron chi connectivity index (χ0n) is 9.65. The number of hydrogen-bond acceptors (Lipinski definition) is 4. The largest absolute Gasteiger partial charge is 0.494 e. The number of hydrogen-bond donors (Lipinski definition) is 0. The number of carbonyl (C=O) groups excluding carboxylic acids is 1. The Morgan fingerprint density at radius 2 is 2.12 bits per heavy atom. The SMILES string of the molecule is CCOc1ccc2cc(C(C)=O)c(=O)oc2c1. The van der Waals surface area contributed by atoms with Gasteiger partial charge in [-0.25, -0.2) is 4.79 Å². The van der Waals surface area contributed by atoms with Gasteiger partial charge in [0.15, 0.2) is 5.78 Å². The number of Topliss-reactive ketones (excluding diaryl/α,β-unsaturated/α-hetero) is 1. The van der Waals surface area contributed by atoms with Gasteiger partial charge in [0, 0.05) is 11.5 Å². The Morgan fingerprint density at radius 3 is 2.76 bits per heavy atom. The number of carbonyl (C=O) groups is 1. The van der Waals surface area contributed by atoms with Crippen LogP contribution in [0.15, 0.2) is 33.5 Å². The number of fused-ring (bicyclic) bond motifs is 1. The quantitative estimate of drug-likeness (QED) is 0.602. The van der Waals surface area contributed by atoms with Crippen LogP contribution in [-0.4, -0.2) is 12.4 Å².